The van der Waals surface area contributed by atoms with Crippen LogP contribution in [0.5, 0.6) is 0 Å². The molecule has 0 N–H and O–H groups in total. The van der Waals surface area contributed by atoms with E-state index in [0.717, 1.165) is 5.57 Å². The maximum absolute atomic E-state index is 11.3. The molecule has 0 spiro atoms. The first-order chi connectivity index (χ1) is 6.20. The molecule has 0 aliphatic carbocycles. The van der Waals surface area contributed by atoms with Gasteiger partial charge in [-0.1, -0.05) is 6.58 Å². The standard InChI is InChI=1S/C10H11NO2/c1-8(2)7-13-10(12)9-3-5-11-6-4-9/h3-6H,1,7H2,2H3. The van der Waals surface area contributed by atoms with Crippen LogP contribution in [0.25, 0.3) is 0 Å². The molecule has 0 radical (unpaired) electrons. The summed E-state index contributed by atoms with van der Waals surface area (Å²) in [4.78, 5) is 15.1. The van der Waals surface area contributed by atoms with Gasteiger partial charge in [-0.15, -0.1) is 0 Å². The molecule has 3 nitrogen and oxygen atoms in total. The number of carbonyl (C=O) groups is 1. The fourth-order valence-electron chi connectivity index (χ4n) is 0.760. The highest BCUT2D eigenvalue weighted by molar-refractivity contribution is 5.89. The van der Waals surface area contributed by atoms with E-state index in [0.29, 0.717) is 5.56 Å². The van der Waals surface area contributed by atoms with Crippen molar-refractivity contribution < 1.29 is 9.53 Å². The number of aromatic nitrogens is 1. The van der Waals surface area contributed by atoms with E-state index in [9.17, 15) is 4.79 Å². The second-order valence-corrected chi connectivity index (χ2v) is 2.77. The van der Waals surface area contributed by atoms with Gasteiger partial charge in [-0.25, -0.2) is 4.79 Å². The van der Waals surface area contributed by atoms with Gasteiger partial charge in [0.25, 0.3) is 0 Å². The van der Waals surface area contributed by atoms with Gasteiger partial charge in [-0.05, 0) is 24.6 Å². The Morgan fingerprint density at radius 2 is 2.15 bits per heavy atom. The molecule has 0 bridgehead atoms. The molecule has 0 aromatic carbocycles. The first-order valence-electron chi connectivity index (χ1n) is 3.91. The Hall–Kier alpha value is -1.64. The zero-order valence-corrected chi connectivity index (χ0v) is 7.49. The van der Waals surface area contributed by atoms with Gasteiger partial charge in [0.15, 0.2) is 0 Å². The average Bonchev–Trinajstić information content (AvgIpc) is 2.15. The Balaban J connectivity index is 2.54. The van der Waals surface area contributed by atoms with E-state index >= 15 is 0 Å². The van der Waals surface area contributed by atoms with Crippen molar-refractivity contribution in [2.24, 2.45) is 0 Å². The molecule has 0 aliphatic heterocycles. The van der Waals surface area contributed by atoms with Gasteiger partial charge in [0, 0.05) is 12.4 Å². The first kappa shape index (κ1) is 9.45. The molecule has 3 heteroatoms. The quantitative estimate of drug-likeness (QED) is 0.522. The highest BCUT2D eigenvalue weighted by Crippen LogP contribution is 2.00. The van der Waals surface area contributed by atoms with Crippen LogP contribution in [0.15, 0.2) is 36.7 Å². The summed E-state index contributed by atoms with van der Waals surface area (Å²) in [6.07, 6.45) is 3.11. The predicted molar refractivity (Wildman–Crippen MR) is 49.3 cm³/mol. The van der Waals surface area contributed by atoms with Crippen molar-refractivity contribution in [3.63, 3.8) is 0 Å². The highest BCUT2D eigenvalue weighted by Gasteiger charge is 2.04. The van der Waals surface area contributed by atoms with Crippen molar-refractivity contribution in [2.45, 2.75) is 6.92 Å². The Morgan fingerprint density at radius 1 is 1.54 bits per heavy atom. The van der Waals surface area contributed by atoms with Crippen molar-refractivity contribution in [1.82, 2.24) is 4.98 Å². The van der Waals surface area contributed by atoms with E-state index < -0.39 is 0 Å². The van der Waals surface area contributed by atoms with Crippen LogP contribution in [-0.2, 0) is 4.74 Å². The van der Waals surface area contributed by atoms with Crippen molar-refractivity contribution in [1.29, 1.82) is 0 Å². The Bertz CT molecular complexity index is 306. The maximum Gasteiger partial charge on any atom is 0.338 e. The third-order valence-corrected chi connectivity index (χ3v) is 1.37. The lowest BCUT2D eigenvalue weighted by Crippen LogP contribution is -2.06. The zero-order chi connectivity index (χ0) is 9.68. The second kappa shape index (κ2) is 4.40. The van der Waals surface area contributed by atoms with Gasteiger partial charge in [0.05, 0.1) is 5.56 Å². The van der Waals surface area contributed by atoms with E-state index in [1.165, 1.54) is 0 Å². The lowest BCUT2D eigenvalue weighted by Gasteiger charge is -2.02. The topological polar surface area (TPSA) is 39.2 Å². The average molecular weight is 177 g/mol. The van der Waals surface area contributed by atoms with Crippen LogP contribution >= 0.6 is 0 Å². The van der Waals surface area contributed by atoms with Gasteiger partial charge in [-0.2, -0.15) is 0 Å². The van der Waals surface area contributed by atoms with E-state index in [1.54, 1.807) is 31.5 Å². The van der Waals surface area contributed by atoms with Crippen LogP contribution in [-0.4, -0.2) is 17.6 Å². The molecule has 0 unspecified atom stereocenters. The van der Waals surface area contributed by atoms with Crippen LogP contribution < -0.4 is 0 Å². The van der Waals surface area contributed by atoms with Gasteiger partial charge in [-0.3, -0.25) is 4.98 Å². The number of rotatable bonds is 3. The van der Waals surface area contributed by atoms with Crippen molar-refractivity contribution in [3.8, 4) is 0 Å². The number of hydrogen-bond donors (Lipinski definition) is 0. The van der Waals surface area contributed by atoms with Crippen LogP contribution in [0.3, 0.4) is 0 Å². The summed E-state index contributed by atoms with van der Waals surface area (Å²) in [6.45, 7) is 5.70. The Kier molecular flexibility index (Phi) is 3.20. The van der Waals surface area contributed by atoms with Gasteiger partial charge < -0.3 is 4.74 Å². The molecular weight excluding hydrogens is 166 g/mol. The lowest BCUT2D eigenvalue weighted by molar-refractivity contribution is 0.0540. The summed E-state index contributed by atoms with van der Waals surface area (Å²) in [7, 11) is 0. The van der Waals surface area contributed by atoms with Crippen LogP contribution in [0.1, 0.15) is 17.3 Å². The minimum absolute atomic E-state index is 0.265. The molecular formula is C10H11NO2. The third kappa shape index (κ3) is 3.07. The van der Waals surface area contributed by atoms with E-state index in [1.807, 2.05) is 0 Å². The van der Waals surface area contributed by atoms with Gasteiger partial charge in [0.1, 0.15) is 6.61 Å². The molecule has 1 aromatic rings. The lowest BCUT2D eigenvalue weighted by atomic mass is 10.3. The SMILES string of the molecule is C=C(C)COC(=O)c1ccncc1. The number of ether oxygens (including phenoxy) is 1. The maximum atomic E-state index is 11.3. The molecule has 0 fully saturated rings. The molecule has 13 heavy (non-hydrogen) atoms. The molecule has 0 saturated carbocycles. The summed E-state index contributed by atoms with van der Waals surface area (Å²) in [5.41, 5.74) is 1.33. The smallest absolute Gasteiger partial charge is 0.338 e. The number of carbonyl (C=O) groups excluding carboxylic acids is 1. The molecule has 1 aromatic heterocycles. The predicted octanol–water partition coefficient (Wildman–Crippen LogP) is 1.81. The van der Waals surface area contributed by atoms with Crippen LogP contribution in [0.4, 0.5) is 0 Å². The van der Waals surface area contributed by atoms with Crippen molar-refractivity contribution in [3.05, 3.63) is 42.2 Å². The van der Waals surface area contributed by atoms with Crippen molar-refractivity contribution >= 4 is 5.97 Å². The van der Waals surface area contributed by atoms with E-state index in [4.69, 9.17) is 4.74 Å². The molecule has 68 valence electrons. The van der Waals surface area contributed by atoms with Crippen LogP contribution in [0.2, 0.25) is 0 Å². The van der Waals surface area contributed by atoms with Crippen molar-refractivity contribution in [2.75, 3.05) is 6.61 Å². The fourth-order valence-corrected chi connectivity index (χ4v) is 0.760. The molecule has 0 aliphatic rings. The number of pyridine rings is 1. The number of nitrogens with zero attached hydrogens (tertiary/aromatic N) is 1. The number of hydrogen-bond acceptors (Lipinski definition) is 3. The highest BCUT2D eigenvalue weighted by atomic mass is 16.5. The molecule has 0 amide bonds. The Labute approximate surface area is 77.1 Å². The van der Waals surface area contributed by atoms with E-state index in [2.05, 4.69) is 11.6 Å². The normalized spacial score (nSPS) is 9.31. The minimum atomic E-state index is -0.342. The molecule has 0 atom stereocenters. The fraction of sp³-hybridized carbons (Fsp3) is 0.200. The first-order valence-corrected chi connectivity index (χ1v) is 3.91. The van der Waals surface area contributed by atoms with Crippen LogP contribution in [0, 0.1) is 0 Å². The summed E-state index contributed by atoms with van der Waals surface area (Å²) in [5, 5.41) is 0. The zero-order valence-electron chi connectivity index (χ0n) is 7.49. The van der Waals surface area contributed by atoms with Gasteiger partial charge >= 0.3 is 5.97 Å². The third-order valence-electron chi connectivity index (χ3n) is 1.37. The Morgan fingerprint density at radius 3 is 2.69 bits per heavy atom. The summed E-state index contributed by atoms with van der Waals surface area (Å²) < 4.78 is 4.92. The summed E-state index contributed by atoms with van der Waals surface area (Å²) in [5.74, 6) is -0.342. The molecule has 1 heterocycles. The van der Waals surface area contributed by atoms with E-state index in [-0.39, 0.29) is 12.6 Å². The van der Waals surface area contributed by atoms with Gasteiger partial charge in [0.2, 0.25) is 0 Å². The second-order valence-electron chi connectivity index (χ2n) is 2.77. The minimum Gasteiger partial charge on any atom is -0.458 e. The largest absolute Gasteiger partial charge is 0.458 e. The summed E-state index contributed by atoms with van der Waals surface area (Å²) >= 11 is 0. The molecule has 1 rings (SSSR count). The monoisotopic (exact) mass is 177 g/mol. The molecule has 0 saturated heterocycles. The number of esters is 1. The summed E-state index contributed by atoms with van der Waals surface area (Å²) in [6, 6.07) is 3.22.